The molecular weight excluding hydrogens is 434 g/mol. The Bertz CT molecular complexity index is 1350. The van der Waals surface area contributed by atoms with Crippen molar-refractivity contribution in [2.45, 2.75) is 13.0 Å². The molecule has 33 heavy (non-hydrogen) atoms. The van der Waals surface area contributed by atoms with Gasteiger partial charge in [-0.05, 0) is 47.8 Å². The molecule has 5 nitrogen and oxygen atoms in total. The molecule has 0 N–H and O–H groups in total. The Morgan fingerprint density at radius 2 is 1.61 bits per heavy atom. The normalized spacial score (nSPS) is 31.6. The summed E-state index contributed by atoms with van der Waals surface area (Å²) in [5.74, 6) is 0.870. The van der Waals surface area contributed by atoms with Gasteiger partial charge in [-0.2, -0.15) is 10.1 Å². The number of para-hydroxylation sites is 1. The molecule has 0 unspecified atom stereocenters. The van der Waals surface area contributed by atoms with Crippen LogP contribution in [0, 0.1) is 35.5 Å². The average molecular weight is 456 g/mol. The van der Waals surface area contributed by atoms with Gasteiger partial charge in [-0.3, -0.25) is 9.59 Å². The third-order valence-corrected chi connectivity index (χ3v) is 8.44. The molecule has 1 aromatic heterocycles. The Morgan fingerprint density at radius 1 is 0.939 bits per heavy atom. The van der Waals surface area contributed by atoms with E-state index in [2.05, 4.69) is 27.9 Å². The van der Waals surface area contributed by atoms with Gasteiger partial charge in [0, 0.05) is 34.2 Å². The largest absolute Gasteiger partial charge is 0.342 e. The van der Waals surface area contributed by atoms with Crippen LogP contribution >= 0.6 is 11.6 Å². The molecule has 6 atom stereocenters. The Balaban J connectivity index is 1.22. The van der Waals surface area contributed by atoms with Crippen LogP contribution in [-0.4, -0.2) is 27.6 Å². The van der Waals surface area contributed by atoms with Crippen LogP contribution in [0.4, 0.5) is 0 Å². The van der Waals surface area contributed by atoms with Gasteiger partial charge in [0.15, 0.2) is 0 Å². The summed E-state index contributed by atoms with van der Waals surface area (Å²) in [6.07, 6.45) is 9.19. The molecule has 0 spiro atoms. The van der Waals surface area contributed by atoms with Crippen LogP contribution in [0.1, 0.15) is 17.5 Å². The van der Waals surface area contributed by atoms with Crippen molar-refractivity contribution in [2.75, 3.05) is 0 Å². The Labute approximate surface area is 196 Å². The van der Waals surface area contributed by atoms with Crippen LogP contribution in [0.3, 0.4) is 0 Å². The van der Waals surface area contributed by atoms with Gasteiger partial charge in [-0.1, -0.05) is 60.2 Å². The van der Waals surface area contributed by atoms with Crippen LogP contribution < -0.4 is 0 Å². The molecule has 0 radical (unpaired) electrons. The van der Waals surface area contributed by atoms with Crippen molar-refractivity contribution < 1.29 is 9.59 Å². The van der Waals surface area contributed by atoms with E-state index < -0.39 is 0 Å². The molecule has 5 aliphatic rings. The second-order valence-electron chi connectivity index (χ2n) is 9.71. The smallest absolute Gasteiger partial charge is 0.254 e. The summed E-state index contributed by atoms with van der Waals surface area (Å²) in [6.45, 7) is 0.623. The third kappa shape index (κ3) is 2.75. The van der Waals surface area contributed by atoms with E-state index in [9.17, 15) is 9.59 Å². The number of rotatable bonds is 4. The quantitative estimate of drug-likeness (QED) is 0.324. The fourth-order valence-corrected chi connectivity index (χ4v) is 6.69. The lowest BCUT2D eigenvalue weighted by Gasteiger charge is -2.37. The van der Waals surface area contributed by atoms with Crippen LogP contribution in [0.5, 0.6) is 0 Å². The van der Waals surface area contributed by atoms with Crippen molar-refractivity contribution in [1.29, 1.82) is 0 Å². The molecule has 2 amide bonds. The summed E-state index contributed by atoms with van der Waals surface area (Å²) < 4.78 is 2.13. The number of fused-ring (bicyclic) bond motifs is 1. The molecule has 164 valence electrons. The second-order valence-corrected chi connectivity index (χ2v) is 10.1. The number of benzene rings is 2. The second kappa shape index (κ2) is 6.91. The topological polar surface area (TPSA) is 54.7 Å². The third-order valence-electron chi connectivity index (χ3n) is 8.07. The number of allylic oxidation sites excluding steroid dienone is 2. The maximum Gasteiger partial charge on any atom is 0.254 e. The van der Waals surface area contributed by atoms with Crippen molar-refractivity contribution >= 4 is 40.5 Å². The van der Waals surface area contributed by atoms with Gasteiger partial charge in [0.25, 0.3) is 11.8 Å². The fraction of sp³-hybridized carbons (Fsp3) is 0.296. The van der Waals surface area contributed by atoms with Gasteiger partial charge >= 0.3 is 0 Å². The number of imide groups is 1. The molecule has 8 rings (SSSR count). The summed E-state index contributed by atoms with van der Waals surface area (Å²) in [6, 6.07) is 15.9. The highest BCUT2D eigenvalue weighted by atomic mass is 35.5. The molecular formula is C27H22ClN3O2. The first-order chi connectivity index (χ1) is 16.1. The van der Waals surface area contributed by atoms with Crippen molar-refractivity contribution in [3.63, 3.8) is 0 Å². The molecule has 4 aliphatic carbocycles. The van der Waals surface area contributed by atoms with Gasteiger partial charge in [0.05, 0.1) is 18.1 Å². The highest BCUT2D eigenvalue weighted by Gasteiger charge is 2.67. The van der Waals surface area contributed by atoms with E-state index in [4.69, 9.17) is 11.6 Å². The maximum absolute atomic E-state index is 13.2. The minimum atomic E-state index is -0.227. The zero-order chi connectivity index (χ0) is 22.3. The van der Waals surface area contributed by atoms with Crippen molar-refractivity contribution in [2.24, 2.45) is 40.6 Å². The Morgan fingerprint density at radius 3 is 2.33 bits per heavy atom. The molecule has 2 saturated carbocycles. The average Bonchev–Trinajstić information content (AvgIpc) is 3.54. The lowest BCUT2D eigenvalue weighted by molar-refractivity contribution is -0.140. The number of hydrazone groups is 1. The monoisotopic (exact) mass is 455 g/mol. The predicted octanol–water partition coefficient (Wildman–Crippen LogP) is 4.73. The van der Waals surface area contributed by atoms with Gasteiger partial charge in [0.1, 0.15) is 0 Å². The maximum atomic E-state index is 13.2. The van der Waals surface area contributed by atoms with Gasteiger partial charge in [-0.25, -0.2) is 0 Å². The molecule has 3 fully saturated rings. The number of halogens is 1. The number of hydrogen-bond donors (Lipinski definition) is 0. The molecule has 2 bridgehead atoms. The van der Waals surface area contributed by atoms with Crippen LogP contribution in [0.25, 0.3) is 10.9 Å². The molecule has 3 aromatic rings. The lowest BCUT2D eigenvalue weighted by Crippen LogP contribution is -2.40. The number of amides is 2. The minimum absolute atomic E-state index is 0.134. The van der Waals surface area contributed by atoms with Gasteiger partial charge in [0.2, 0.25) is 0 Å². The summed E-state index contributed by atoms with van der Waals surface area (Å²) in [5, 5.41) is 7.34. The SMILES string of the molecule is O=C1[C@H]2[C@@H]3C=C[C@H]([C@@H]4C[C@H]34)[C@@H]2C(=O)N1/N=C\c1cn(Cc2ccccc2Cl)c2ccccc12. The predicted molar refractivity (Wildman–Crippen MR) is 127 cm³/mol. The summed E-state index contributed by atoms with van der Waals surface area (Å²) in [4.78, 5) is 26.4. The number of carbonyl (C=O) groups is 2. The van der Waals surface area contributed by atoms with E-state index in [0.29, 0.717) is 18.4 Å². The highest BCUT2D eigenvalue weighted by molar-refractivity contribution is 6.31. The van der Waals surface area contributed by atoms with E-state index in [-0.39, 0.29) is 35.5 Å². The van der Waals surface area contributed by atoms with Crippen LogP contribution in [0.15, 0.2) is 72.0 Å². The minimum Gasteiger partial charge on any atom is -0.342 e. The Kier molecular flexibility index (Phi) is 4.04. The number of aromatic nitrogens is 1. The zero-order valence-corrected chi connectivity index (χ0v) is 18.6. The number of carbonyl (C=O) groups excluding carboxylic acids is 2. The Hall–Kier alpha value is -3.18. The molecule has 1 saturated heterocycles. The van der Waals surface area contributed by atoms with E-state index >= 15 is 0 Å². The highest BCUT2D eigenvalue weighted by Crippen LogP contribution is 2.65. The first-order valence-corrected chi connectivity index (χ1v) is 11.9. The van der Waals surface area contributed by atoms with Gasteiger partial charge in [-0.15, -0.1) is 0 Å². The first kappa shape index (κ1) is 19.3. The fourth-order valence-electron chi connectivity index (χ4n) is 6.49. The molecule has 6 heteroatoms. The van der Waals surface area contributed by atoms with Crippen molar-refractivity contribution in [3.05, 3.63) is 83.0 Å². The number of hydrogen-bond acceptors (Lipinski definition) is 3. The molecule has 2 aromatic carbocycles. The van der Waals surface area contributed by atoms with Gasteiger partial charge < -0.3 is 4.57 Å². The molecule has 2 heterocycles. The van der Waals surface area contributed by atoms with Crippen molar-refractivity contribution in [1.82, 2.24) is 9.58 Å². The molecule has 1 aliphatic heterocycles. The summed E-state index contributed by atoms with van der Waals surface area (Å²) in [7, 11) is 0. The standard InChI is InChI=1S/C27H22ClN3O2/c28-22-7-3-1-5-15(22)13-30-14-16(17-6-2-4-8-23(17)30)12-29-31-26(32)24-18-9-10-19(21-11-20(18)21)25(24)27(31)33/h1-10,12,14,18-21,24-25H,11,13H2/b29-12-/t18-,19-,20-,21+,24+,25+/m1/s1. The van der Waals surface area contributed by atoms with Crippen LogP contribution in [0.2, 0.25) is 5.02 Å². The lowest BCUT2D eigenvalue weighted by atomic mass is 9.63. The van der Waals surface area contributed by atoms with E-state index in [1.807, 2.05) is 48.7 Å². The summed E-state index contributed by atoms with van der Waals surface area (Å²) in [5.41, 5.74) is 2.95. The van der Waals surface area contributed by atoms with Crippen molar-refractivity contribution in [3.8, 4) is 0 Å². The zero-order valence-electron chi connectivity index (χ0n) is 17.8. The van der Waals surface area contributed by atoms with E-state index in [0.717, 1.165) is 38.5 Å². The summed E-state index contributed by atoms with van der Waals surface area (Å²) >= 11 is 6.39. The van der Waals surface area contributed by atoms with Crippen LogP contribution in [-0.2, 0) is 16.1 Å². The van der Waals surface area contributed by atoms with E-state index in [1.165, 1.54) is 0 Å². The van der Waals surface area contributed by atoms with E-state index in [1.54, 1.807) is 6.21 Å². The number of nitrogens with zero attached hydrogens (tertiary/aromatic N) is 3. The first-order valence-electron chi connectivity index (χ1n) is 11.5.